The summed E-state index contributed by atoms with van der Waals surface area (Å²) in [5.41, 5.74) is 1.34. The Labute approximate surface area is 214 Å². The number of anilines is 1. The fourth-order valence-corrected chi connectivity index (χ4v) is 4.32. The molecule has 2 N–H and O–H groups in total. The second kappa shape index (κ2) is 9.27. The van der Waals surface area contributed by atoms with E-state index in [1.807, 2.05) is 0 Å². The van der Waals surface area contributed by atoms with Gasteiger partial charge in [-0.1, -0.05) is 6.58 Å². The van der Waals surface area contributed by atoms with E-state index in [0.29, 0.717) is 28.7 Å². The highest BCUT2D eigenvalue weighted by Crippen LogP contribution is 2.35. The molecule has 194 valence electrons. The van der Waals surface area contributed by atoms with Gasteiger partial charge >= 0.3 is 0 Å². The number of sulfonamides is 1. The van der Waals surface area contributed by atoms with Crippen LogP contribution in [0.1, 0.15) is 11.5 Å². The molecule has 0 atom stereocenters. The largest absolute Gasteiger partial charge is 0.452 e. The van der Waals surface area contributed by atoms with Crippen LogP contribution in [0.4, 0.5) is 14.5 Å². The zero-order chi connectivity index (χ0) is 27.2. The number of fused-ring (bicyclic) bond motifs is 1. The molecule has 10 nitrogen and oxygen atoms in total. The Kier molecular flexibility index (Phi) is 6.07. The van der Waals surface area contributed by atoms with Gasteiger partial charge in [0.05, 0.1) is 16.9 Å². The number of halogens is 2. The van der Waals surface area contributed by atoms with Crippen molar-refractivity contribution in [2.75, 3.05) is 4.72 Å². The number of aryl methyl sites for hydroxylation is 2. The molecular weight excluding hydrogens is 520 g/mol. The van der Waals surface area contributed by atoms with E-state index in [1.165, 1.54) is 24.4 Å². The van der Waals surface area contributed by atoms with Crippen LogP contribution in [-0.2, 0) is 10.0 Å². The Balaban J connectivity index is 1.75. The van der Waals surface area contributed by atoms with E-state index in [2.05, 4.69) is 26.5 Å². The van der Waals surface area contributed by atoms with Crippen molar-refractivity contribution in [2.45, 2.75) is 13.8 Å². The summed E-state index contributed by atoms with van der Waals surface area (Å²) in [6.07, 6.45) is 1.52. The van der Waals surface area contributed by atoms with Gasteiger partial charge in [-0.3, -0.25) is 9.52 Å². The number of hydrogen-bond acceptors (Lipinski definition) is 7. The van der Waals surface area contributed by atoms with Gasteiger partial charge in [-0.25, -0.2) is 17.2 Å². The lowest BCUT2D eigenvalue weighted by atomic mass is 10.2. The van der Waals surface area contributed by atoms with Crippen molar-refractivity contribution in [3.63, 3.8) is 0 Å². The van der Waals surface area contributed by atoms with Gasteiger partial charge in [0.25, 0.3) is 15.9 Å². The third-order valence-electron chi connectivity index (χ3n) is 5.53. The van der Waals surface area contributed by atoms with E-state index < -0.39 is 21.7 Å². The second-order valence-electron chi connectivity index (χ2n) is 8.25. The van der Waals surface area contributed by atoms with Gasteiger partial charge in [-0.15, -0.1) is 10.2 Å². The predicted octanol–water partition coefficient (Wildman–Crippen LogP) is 4.94. The predicted molar refractivity (Wildman–Crippen MR) is 136 cm³/mol. The van der Waals surface area contributed by atoms with Crippen molar-refractivity contribution in [2.24, 2.45) is 0 Å². The zero-order valence-electron chi connectivity index (χ0n) is 20.0. The van der Waals surface area contributed by atoms with Crippen molar-refractivity contribution in [1.29, 1.82) is 0 Å². The minimum atomic E-state index is -3.86. The maximum atomic E-state index is 14.4. The molecule has 5 rings (SSSR count). The maximum Gasteiger partial charge on any atom is 0.264 e. The highest BCUT2D eigenvalue weighted by atomic mass is 32.2. The van der Waals surface area contributed by atoms with Crippen molar-refractivity contribution in [3.8, 4) is 28.8 Å². The van der Waals surface area contributed by atoms with Crippen LogP contribution >= 0.6 is 0 Å². The first-order chi connectivity index (χ1) is 18.0. The van der Waals surface area contributed by atoms with E-state index in [-0.39, 0.29) is 39.7 Å². The molecule has 0 spiro atoms. The minimum absolute atomic E-state index is 0.0813. The van der Waals surface area contributed by atoms with Crippen molar-refractivity contribution in [1.82, 2.24) is 19.7 Å². The van der Waals surface area contributed by atoms with Crippen LogP contribution in [0.15, 0.2) is 69.9 Å². The first-order valence-corrected chi connectivity index (χ1v) is 12.6. The molecule has 0 saturated carbocycles. The molecule has 3 heterocycles. The zero-order valence-corrected chi connectivity index (χ0v) is 20.8. The average Bonchev–Trinajstić information content (AvgIpc) is 3.51. The molecule has 13 heteroatoms. The molecule has 5 aromatic rings. The highest BCUT2D eigenvalue weighted by molar-refractivity contribution is 7.95. The molecule has 38 heavy (non-hydrogen) atoms. The average molecular weight is 540 g/mol. The molecule has 2 aromatic carbocycles. The lowest BCUT2D eigenvalue weighted by Crippen LogP contribution is -2.12. The third kappa shape index (κ3) is 4.66. The number of pyridine rings is 1. The molecule has 0 aliphatic rings. The molecule has 3 aromatic heterocycles. The molecule has 0 amide bonds. The van der Waals surface area contributed by atoms with Gasteiger partial charge in [0.2, 0.25) is 11.3 Å². The van der Waals surface area contributed by atoms with Gasteiger partial charge in [-0.2, -0.15) is 0 Å². The Morgan fingerprint density at radius 3 is 2.55 bits per heavy atom. The number of aromatic nitrogens is 4. The summed E-state index contributed by atoms with van der Waals surface area (Å²) in [6.45, 7) is 6.50. The van der Waals surface area contributed by atoms with Crippen LogP contribution in [0, 0.1) is 25.5 Å². The Bertz CT molecular complexity index is 1890. The summed E-state index contributed by atoms with van der Waals surface area (Å²) in [5.74, 6) is -1.43. The number of nitrogens with zero attached hydrogens (tertiary/aromatic N) is 3. The fraction of sp³-hybridized carbons (Fsp3) is 0.0800. The summed E-state index contributed by atoms with van der Waals surface area (Å²) in [5, 5.41) is 8.53. The smallest absolute Gasteiger partial charge is 0.264 e. The molecule has 0 unspecified atom stereocenters. The monoisotopic (exact) mass is 539 g/mol. The quantitative estimate of drug-likeness (QED) is 0.299. The van der Waals surface area contributed by atoms with Gasteiger partial charge in [-0.05, 0) is 43.3 Å². The van der Waals surface area contributed by atoms with Crippen LogP contribution in [0.5, 0.6) is 11.5 Å². The van der Waals surface area contributed by atoms with Crippen LogP contribution in [0.3, 0.4) is 0 Å². The SMILES string of the molecule is C=CS(=O)(=O)Nc1ccc(Oc2ccc(F)cc2F)c(-n2cc(C)c(=O)c3[nH]c(-c4nnc(C)o4)cc32)c1. The number of hydrogen-bond donors (Lipinski definition) is 2. The molecule has 0 fully saturated rings. The van der Waals surface area contributed by atoms with Gasteiger partial charge < -0.3 is 18.7 Å². The number of nitrogens with one attached hydrogen (secondary N) is 2. The third-order valence-corrected chi connectivity index (χ3v) is 6.49. The molecule has 0 radical (unpaired) electrons. The van der Waals surface area contributed by atoms with E-state index in [0.717, 1.165) is 17.5 Å². The Morgan fingerprint density at radius 1 is 1.11 bits per heavy atom. The van der Waals surface area contributed by atoms with E-state index in [1.54, 1.807) is 24.5 Å². The van der Waals surface area contributed by atoms with Crippen molar-refractivity contribution in [3.05, 3.63) is 94.0 Å². The molecular formula is C25H19F2N5O5S. The number of ether oxygens (including phenoxy) is 1. The summed E-state index contributed by atoms with van der Waals surface area (Å²) < 4.78 is 67.3. The first kappa shape index (κ1) is 24.9. The number of rotatable bonds is 7. The van der Waals surface area contributed by atoms with E-state index >= 15 is 0 Å². The molecule has 0 aliphatic heterocycles. The Morgan fingerprint density at radius 2 is 1.87 bits per heavy atom. The Hall–Kier alpha value is -4.78. The number of H-pyrrole nitrogens is 1. The van der Waals surface area contributed by atoms with Crippen molar-refractivity contribution < 1.29 is 26.4 Å². The molecule has 0 saturated heterocycles. The van der Waals surface area contributed by atoms with E-state index in [9.17, 15) is 22.0 Å². The van der Waals surface area contributed by atoms with Crippen LogP contribution < -0.4 is 14.9 Å². The lowest BCUT2D eigenvalue weighted by Gasteiger charge is -2.17. The number of benzene rings is 2. The summed E-state index contributed by atoms with van der Waals surface area (Å²) in [6, 6.07) is 8.69. The highest BCUT2D eigenvalue weighted by Gasteiger charge is 2.19. The van der Waals surface area contributed by atoms with Gasteiger partial charge in [0.1, 0.15) is 17.0 Å². The minimum Gasteiger partial charge on any atom is -0.452 e. The normalized spacial score (nSPS) is 11.6. The molecule has 0 aliphatic carbocycles. The lowest BCUT2D eigenvalue weighted by molar-refractivity contribution is 0.436. The van der Waals surface area contributed by atoms with Crippen LogP contribution in [0.25, 0.3) is 28.3 Å². The first-order valence-electron chi connectivity index (χ1n) is 11.0. The van der Waals surface area contributed by atoms with Crippen LogP contribution in [0.2, 0.25) is 0 Å². The topological polar surface area (TPSA) is 132 Å². The van der Waals surface area contributed by atoms with Gasteiger partial charge in [0.15, 0.2) is 17.3 Å². The fourth-order valence-electron chi connectivity index (χ4n) is 3.78. The maximum absolute atomic E-state index is 14.4. The summed E-state index contributed by atoms with van der Waals surface area (Å²) in [7, 11) is -3.86. The van der Waals surface area contributed by atoms with E-state index in [4.69, 9.17) is 9.15 Å². The molecule has 0 bridgehead atoms. The summed E-state index contributed by atoms with van der Waals surface area (Å²) in [4.78, 5) is 16.0. The second-order valence-corrected chi connectivity index (χ2v) is 9.88. The standard InChI is InChI=1S/C25H19F2N5O5S/c1-4-38(34,35)31-16-6-8-22(37-21-7-5-15(26)9-17(21)27)19(10-16)32-12-13(2)24(33)23-20(32)11-18(28-23)25-30-29-14(3)36-25/h4-12,28,31H,1H2,2-3H3. The van der Waals surface area contributed by atoms with Crippen LogP contribution in [-0.4, -0.2) is 28.2 Å². The van der Waals surface area contributed by atoms with Gasteiger partial charge in [0, 0.05) is 30.2 Å². The number of aromatic amines is 1. The summed E-state index contributed by atoms with van der Waals surface area (Å²) >= 11 is 0. The van der Waals surface area contributed by atoms with Crippen molar-refractivity contribution >= 4 is 26.7 Å².